The van der Waals surface area contributed by atoms with Gasteiger partial charge in [-0.3, -0.25) is 4.90 Å². The fourth-order valence-corrected chi connectivity index (χ4v) is 2.66. The highest BCUT2D eigenvalue weighted by Gasteiger charge is 2.28. The van der Waals surface area contributed by atoms with E-state index in [0.29, 0.717) is 12.0 Å². The maximum absolute atomic E-state index is 5.88. The SMILES string of the molecule is CCN(CC)C1CCN(c2nc(Cl)nc(OC)n2)C1. The van der Waals surface area contributed by atoms with Crippen molar-refractivity contribution < 1.29 is 4.74 Å². The Morgan fingerprint density at radius 3 is 2.68 bits per heavy atom. The van der Waals surface area contributed by atoms with Crippen LogP contribution >= 0.6 is 11.6 Å². The third kappa shape index (κ3) is 3.25. The summed E-state index contributed by atoms with van der Waals surface area (Å²) in [5, 5.41) is 0.174. The topological polar surface area (TPSA) is 54.4 Å². The number of likely N-dealkylation sites (N-methyl/N-ethyl adjacent to an activating group) is 1. The molecule has 0 radical (unpaired) electrons. The van der Waals surface area contributed by atoms with Gasteiger partial charge in [0.15, 0.2) is 0 Å². The smallest absolute Gasteiger partial charge is 0.322 e. The van der Waals surface area contributed by atoms with Crippen LogP contribution in [-0.2, 0) is 0 Å². The van der Waals surface area contributed by atoms with E-state index in [1.54, 1.807) is 0 Å². The molecule has 1 saturated heterocycles. The van der Waals surface area contributed by atoms with Crippen molar-refractivity contribution in [1.29, 1.82) is 0 Å². The molecule has 0 bridgehead atoms. The predicted octanol–water partition coefficient (Wildman–Crippen LogP) is 1.45. The van der Waals surface area contributed by atoms with E-state index in [1.165, 1.54) is 7.11 Å². The molecule has 0 aromatic carbocycles. The second kappa shape index (κ2) is 6.34. The van der Waals surface area contributed by atoms with Crippen molar-refractivity contribution in [3.8, 4) is 6.01 Å². The third-order valence-corrected chi connectivity index (χ3v) is 3.70. The lowest BCUT2D eigenvalue weighted by Gasteiger charge is -2.26. The van der Waals surface area contributed by atoms with E-state index in [1.807, 2.05) is 0 Å². The Bertz CT molecular complexity index is 427. The lowest BCUT2D eigenvalue weighted by atomic mass is 10.2. The van der Waals surface area contributed by atoms with Crippen LogP contribution in [0, 0.1) is 0 Å². The van der Waals surface area contributed by atoms with Crippen molar-refractivity contribution in [2.75, 3.05) is 38.2 Å². The molecule has 0 amide bonds. The summed E-state index contributed by atoms with van der Waals surface area (Å²) in [6.45, 7) is 8.37. The molecule has 1 atom stereocenters. The van der Waals surface area contributed by atoms with Gasteiger partial charge in [-0.05, 0) is 31.1 Å². The number of aromatic nitrogens is 3. The van der Waals surface area contributed by atoms with Gasteiger partial charge in [-0.1, -0.05) is 13.8 Å². The van der Waals surface area contributed by atoms with Crippen LogP contribution in [0.3, 0.4) is 0 Å². The number of hydrogen-bond acceptors (Lipinski definition) is 6. The van der Waals surface area contributed by atoms with Crippen LogP contribution in [0.1, 0.15) is 20.3 Å². The van der Waals surface area contributed by atoms with Crippen molar-refractivity contribution in [3.63, 3.8) is 0 Å². The van der Waals surface area contributed by atoms with Gasteiger partial charge >= 0.3 is 6.01 Å². The molecule has 19 heavy (non-hydrogen) atoms. The zero-order valence-corrected chi connectivity index (χ0v) is 12.4. The summed E-state index contributed by atoms with van der Waals surface area (Å²) in [6.07, 6.45) is 1.12. The number of nitrogens with zero attached hydrogens (tertiary/aromatic N) is 5. The Morgan fingerprint density at radius 2 is 2.05 bits per heavy atom. The number of ether oxygens (including phenoxy) is 1. The lowest BCUT2D eigenvalue weighted by Crippen LogP contribution is -2.37. The molecule has 0 aliphatic carbocycles. The monoisotopic (exact) mass is 285 g/mol. The Kier molecular flexibility index (Phi) is 4.76. The van der Waals surface area contributed by atoms with E-state index < -0.39 is 0 Å². The van der Waals surface area contributed by atoms with Crippen LogP contribution in [-0.4, -0.2) is 59.2 Å². The van der Waals surface area contributed by atoms with Gasteiger partial charge in [0, 0.05) is 19.1 Å². The highest BCUT2D eigenvalue weighted by Crippen LogP contribution is 2.22. The zero-order valence-electron chi connectivity index (χ0n) is 11.6. The molecular weight excluding hydrogens is 266 g/mol. The molecule has 1 unspecified atom stereocenters. The van der Waals surface area contributed by atoms with Crippen LogP contribution < -0.4 is 9.64 Å². The van der Waals surface area contributed by atoms with E-state index in [9.17, 15) is 0 Å². The normalized spacial score (nSPS) is 19.2. The van der Waals surface area contributed by atoms with Crippen LogP contribution in [0.15, 0.2) is 0 Å². The number of anilines is 1. The van der Waals surface area contributed by atoms with Crippen molar-refractivity contribution in [2.24, 2.45) is 0 Å². The number of hydrogen-bond donors (Lipinski definition) is 0. The largest absolute Gasteiger partial charge is 0.467 e. The second-order valence-electron chi connectivity index (χ2n) is 4.50. The quantitative estimate of drug-likeness (QED) is 0.816. The summed E-state index contributed by atoms with van der Waals surface area (Å²) in [6, 6.07) is 0.817. The molecule has 1 fully saturated rings. The van der Waals surface area contributed by atoms with E-state index in [2.05, 4.69) is 38.6 Å². The standard InChI is InChI=1S/C12H20ClN5O/c1-4-17(5-2)9-6-7-18(8-9)11-14-10(13)15-12(16-11)19-3/h9H,4-8H2,1-3H3. The van der Waals surface area contributed by atoms with E-state index >= 15 is 0 Å². The predicted molar refractivity (Wildman–Crippen MR) is 74.9 cm³/mol. The molecule has 1 aliphatic rings. The average molecular weight is 286 g/mol. The first-order valence-corrected chi connectivity index (χ1v) is 7.00. The van der Waals surface area contributed by atoms with Crippen molar-refractivity contribution in [1.82, 2.24) is 19.9 Å². The molecule has 2 rings (SSSR count). The van der Waals surface area contributed by atoms with Crippen molar-refractivity contribution in [2.45, 2.75) is 26.3 Å². The number of methoxy groups -OCH3 is 1. The summed E-state index contributed by atoms with van der Waals surface area (Å²) in [4.78, 5) is 16.9. The molecule has 1 aromatic heterocycles. The molecule has 0 saturated carbocycles. The summed E-state index contributed by atoms with van der Waals surface area (Å²) in [7, 11) is 1.53. The van der Waals surface area contributed by atoms with Crippen LogP contribution in [0.2, 0.25) is 5.28 Å². The summed E-state index contributed by atoms with van der Waals surface area (Å²) in [5.41, 5.74) is 0. The molecule has 2 heterocycles. The number of rotatable bonds is 5. The maximum atomic E-state index is 5.88. The summed E-state index contributed by atoms with van der Waals surface area (Å²) in [5.74, 6) is 0.603. The van der Waals surface area contributed by atoms with Gasteiger partial charge in [-0.15, -0.1) is 0 Å². The first-order valence-electron chi connectivity index (χ1n) is 6.62. The first-order chi connectivity index (χ1) is 9.17. The lowest BCUT2D eigenvalue weighted by molar-refractivity contribution is 0.232. The Balaban J connectivity index is 2.10. The molecule has 0 spiro atoms. The van der Waals surface area contributed by atoms with E-state index in [4.69, 9.17) is 16.3 Å². The zero-order chi connectivity index (χ0) is 13.8. The molecule has 0 N–H and O–H groups in total. The van der Waals surface area contributed by atoms with Gasteiger partial charge in [0.1, 0.15) is 0 Å². The molecule has 1 aromatic rings. The molecule has 1 aliphatic heterocycles. The number of halogens is 1. The van der Waals surface area contributed by atoms with Crippen LogP contribution in [0.4, 0.5) is 5.95 Å². The van der Waals surface area contributed by atoms with E-state index in [0.717, 1.165) is 32.6 Å². The van der Waals surface area contributed by atoms with Crippen molar-refractivity contribution in [3.05, 3.63) is 5.28 Å². The Hall–Kier alpha value is -1.14. The molecule has 7 heteroatoms. The van der Waals surface area contributed by atoms with E-state index in [-0.39, 0.29) is 11.3 Å². The third-order valence-electron chi connectivity index (χ3n) is 3.53. The second-order valence-corrected chi connectivity index (χ2v) is 4.84. The van der Waals surface area contributed by atoms with Gasteiger partial charge in [0.2, 0.25) is 11.2 Å². The fourth-order valence-electron chi connectivity index (χ4n) is 2.52. The fraction of sp³-hybridized carbons (Fsp3) is 0.750. The van der Waals surface area contributed by atoms with Crippen LogP contribution in [0.25, 0.3) is 0 Å². The maximum Gasteiger partial charge on any atom is 0.322 e. The van der Waals surface area contributed by atoms with Gasteiger partial charge < -0.3 is 9.64 Å². The van der Waals surface area contributed by atoms with Crippen molar-refractivity contribution >= 4 is 17.5 Å². The summed E-state index contributed by atoms with van der Waals surface area (Å²) >= 11 is 5.88. The minimum absolute atomic E-state index is 0.174. The molecular formula is C12H20ClN5O. The van der Waals surface area contributed by atoms with Gasteiger partial charge in [0.05, 0.1) is 7.11 Å². The first kappa shape index (κ1) is 14.3. The van der Waals surface area contributed by atoms with Gasteiger partial charge in [-0.2, -0.15) is 15.0 Å². The Morgan fingerprint density at radius 1 is 1.32 bits per heavy atom. The molecule has 106 valence electrons. The molecule has 6 nitrogen and oxygen atoms in total. The van der Waals surface area contributed by atoms with Gasteiger partial charge in [0.25, 0.3) is 0 Å². The van der Waals surface area contributed by atoms with Gasteiger partial charge in [-0.25, -0.2) is 0 Å². The van der Waals surface area contributed by atoms with Crippen LogP contribution in [0.5, 0.6) is 6.01 Å². The Labute approximate surface area is 118 Å². The minimum Gasteiger partial charge on any atom is -0.467 e. The minimum atomic E-state index is 0.174. The highest BCUT2D eigenvalue weighted by atomic mass is 35.5. The summed E-state index contributed by atoms with van der Waals surface area (Å²) < 4.78 is 5.03. The highest BCUT2D eigenvalue weighted by molar-refractivity contribution is 6.28. The average Bonchev–Trinajstić information content (AvgIpc) is 2.89.